The van der Waals surface area contributed by atoms with E-state index in [1.807, 2.05) is 26.0 Å². The number of carbonyl (C=O) groups is 1. The third kappa shape index (κ3) is 4.46. The Balaban J connectivity index is 2.58. The van der Waals surface area contributed by atoms with Crippen molar-refractivity contribution in [3.63, 3.8) is 0 Å². The van der Waals surface area contributed by atoms with Crippen molar-refractivity contribution in [3.8, 4) is 6.07 Å². The molecule has 96 valence electrons. The second-order valence-electron chi connectivity index (χ2n) is 4.49. The quantitative estimate of drug-likeness (QED) is 0.809. The van der Waals surface area contributed by atoms with Crippen molar-refractivity contribution < 1.29 is 9.90 Å². The molecule has 4 nitrogen and oxygen atoms in total. The van der Waals surface area contributed by atoms with E-state index in [1.54, 1.807) is 6.07 Å². The van der Waals surface area contributed by atoms with Crippen LogP contribution in [0.15, 0.2) is 18.2 Å². The predicted molar refractivity (Wildman–Crippen MR) is 70.5 cm³/mol. The van der Waals surface area contributed by atoms with Crippen molar-refractivity contribution >= 4 is 11.7 Å². The van der Waals surface area contributed by atoms with Crippen LogP contribution in [-0.2, 0) is 4.79 Å². The summed E-state index contributed by atoms with van der Waals surface area (Å²) in [5.41, 5.74) is 2.53. The van der Waals surface area contributed by atoms with Gasteiger partial charge in [0.2, 0.25) is 0 Å². The van der Waals surface area contributed by atoms with Crippen molar-refractivity contribution in [2.75, 3.05) is 5.32 Å². The minimum absolute atomic E-state index is 0.151. The second-order valence-corrected chi connectivity index (χ2v) is 4.49. The molecule has 1 aromatic rings. The number of carboxylic acids is 1. The highest BCUT2D eigenvalue weighted by Gasteiger charge is 2.07. The van der Waals surface area contributed by atoms with Crippen LogP contribution in [-0.4, -0.2) is 17.1 Å². The van der Waals surface area contributed by atoms with E-state index in [0.29, 0.717) is 12.0 Å². The van der Waals surface area contributed by atoms with Gasteiger partial charge in [0.25, 0.3) is 0 Å². The summed E-state index contributed by atoms with van der Waals surface area (Å²) in [5, 5.41) is 20.8. The fourth-order valence-electron chi connectivity index (χ4n) is 1.77. The molecule has 0 saturated carbocycles. The molecule has 1 unspecified atom stereocenters. The minimum Gasteiger partial charge on any atom is -0.481 e. The molecule has 0 aromatic heterocycles. The van der Waals surface area contributed by atoms with E-state index in [2.05, 4.69) is 11.4 Å². The summed E-state index contributed by atoms with van der Waals surface area (Å²) in [6.45, 7) is 3.97. The number of hydrogen-bond donors (Lipinski definition) is 2. The first-order chi connectivity index (χ1) is 8.52. The Bertz CT molecular complexity index is 463. The van der Waals surface area contributed by atoms with E-state index in [4.69, 9.17) is 10.4 Å². The molecule has 1 rings (SSSR count). The SMILES string of the molecule is Cc1ccc(C#N)c(NC(C)CCCC(=O)O)c1. The van der Waals surface area contributed by atoms with Gasteiger partial charge in [-0.2, -0.15) is 5.26 Å². The highest BCUT2D eigenvalue weighted by atomic mass is 16.4. The lowest BCUT2D eigenvalue weighted by molar-refractivity contribution is -0.137. The van der Waals surface area contributed by atoms with Crippen LogP contribution < -0.4 is 5.32 Å². The maximum absolute atomic E-state index is 10.4. The number of hydrogen-bond acceptors (Lipinski definition) is 3. The lowest BCUT2D eigenvalue weighted by atomic mass is 10.1. The Morgan fingerprint density at radius 1 is 1.56 bits per heavy atom. The van der Waals surface area contributed by atoms with E-state index in [-0.39, 0.29) is 12.5 Å². The number of anilines is 1. The molecule has 4 heteroatoms. The van der Waals surface area contributed by atoms with E-state index < -0.39 is 5.97 Å². The zero-order valence-corrected chi connectivity index (χ0v) is 10.7. The summed E-state index contributed by atoms with van der Waals surface area (Å²) in [6, 6.07) is 7.93. The maximum atomic E-state index is 10.4. The van der Waals surface area contributed by atoms with Gasteiger partial charge in [-0.25, -0.2) is 0 Å². The molecule has 0 fully saturated rings. The van der Waals surface area contributed by atoms with Gasteiger partial charge in [0.1, 0.15) is 6.07 Å². The molecule has 18 heavy (non-hydrogen) atoms. The summed E-state index contributed by atoms with van der Waals surface area (Å²) in [4.78, 5) is 10.4. The van der Waals surface area contributed by atoms with E-state index in [0.717, 1.165) is 17.7 Å². The molecule has 0 saturated heterocycles. The molecule has 0 amide bonds. The van der Waals surface area contributed by atoms with Gasteiger partial charge in [0.15, 0.2) is 0 Å². The van der Waals surface area contributed by atoms with Crippen LogP contribution in [0.2, 0.25) is 0 Å². The summed E-state index contributed by atoms with van der Waals surface area (Å²) in [6.07, 6.45) is 1.59. The van der Waals surface area contributed by atoms with Crippen molar-refractivity contribution in [1.82, 2.24) is 0 Å². The molecular formula is C14H18N2O2. The molecule has 1 aromatic carbocycles. The summed E-state index contributed by atoms with van der Waals surface area (Å²) in [7, 11) is 0. The highest BCUT2D eigenvalue weighted by Crippen LogP contribution is 2.18. The van der Waals surface area contributed by atoms with Crippen molar-refractivity contribution in [1.29, 1.82) is 5.26 Å². The number of rotatable bonds is 6. The Labute approximate surface area is 107 Å². The number of carboxylic acid groups (broad SMARTS) is 1. The number of benzene rings is 1. The van der Waals surface area contributed by atoms with Crippen molar-refractivity contribution in [3.05, 3.63) is 29.3 Å². The van der Waals surface area contributed by atoms with Crippen LogP contribution in [0.3, 0.4) is 0 Å². The fraction of sp³-hybridized carbons (Fsp3) is 0.429. The largest absolute Gasteiger partial charge is 0.481 e. The first-order valence-corrected chi connectivity index (χ1v) is 6.02. The van der Waals surface area contributed by atoms with Crippen molar-refractivity contribution in [2.45, 2.75) is 39.2 Å². The van der Waals surface area contributed by atoms with Gasteiger partial charge < -0.3 is 10.4 Å². The smallest absolute Gasteiger partial charge is 0.303 e. The van der Waals surface area contributed by atoms with Crippen LogP contribution in [0.1, 0.15) is 37.3 Å². The van der Waals surface area contributed by atoms with Crippen LogP contribution >= 0.6 is 0 Å². The van der Waals surface area contributed by atoms with Crippen LogP contribution in [0, 0.1) is 18.3 Å². The molecule has 0 aliphatic rings. The first kappa shape index (κ1) is 14.0. The average Bonchev–Trinajstić information content (AvgIpc) is 2.28. The van der Waals surface area contributed by atoms with Gasteiger partial charge in [-0.1, -0.05) is 6.07 Å². The molecule has 0 bridgehead atoms. The van der Waals surface area contributed by atoms with Gasteiger partial charge in [-0.15, -0.1) is 0 Å². The number of aryl methyl sites for hydroxylation is 1. The Hall–Kier alpha value is -2.02. The Kier molecular flexibility index (Phi) is 5.19. The Morgan fingerprint density at radius 3 is 2.89 bits per heavy atom. The molecule has 0 aliphatic carbocycles. The molecule has 0 aliphatic heterocycles. The third-order valence-electron chi connectivity index (χ3n) is 2.73. The summed E-state index contributed by atoms with van der Waals surface area (Å²) >= 11 is 0. The number of nitrogens with zero attached hydrogens (tertiary/aromatic N) is 1. The fourth-order valence-corrected chi connectivity index (χ4v) is 1.77. The third-order valence-corrected chi connectivity index (χ3v) is 2.73. The maximum Gasteiger partial charge on any atom is 0.303 e. The molecular weight excluding hydrogens is 228 g/mol. The van der Waals surface area contributed by atoms with Gasteiger partial charge in [-0.05, 0) is 44.4 Å². The normalized spacial score (nSPS) is 11.6. The van der Waals surface area contributed by atoms with Gasteiger partial charge >= 0.3 is 5.97 Å². The molecule has 0 spiro atoms. The summed E-state index contributed by atoms with van der Waals surface area (Å²) < 4.78 is 0. The standard InChI is InChI=1S/C14H18N2O2/c1-10-6-7-12(9-15)13(8-10)16-11(2)4-3-5-14(17)18/h6-8,11,16H,3-5H2,1-2H3,(H,17,18). The van der Waals surface area contributed by atoms with Gasteiger partial charge in [0.05, 0.1) is 11.3 Å². The van der Waals surface area contributed by atoms with Crippen LogP contribution in [0.5, 0.6) is 0 Å². The molecule has 2 N–H and O–H groups in total. The monoisotopic (exact) mass is 246 g/mol. The number of nitriles is 1. The van der Waals surface area contributed by atoms with E-state index in [1.165, 1.54) is 0 Å². The Morgan fingerprint density at radius 2 is 2.28 bits per heavy atom. The number of nitrogens with one attached hydrogen (secondary N) is 1. The number of aliphatic carboxylic acids is 1. The van der Waals surface area contributed by atoms with E-state index >= 15 is 0 Å². The molecule has 0 heterocycles. The van der Waals surface area contributed by atoms with Gasteiger partial charge in [0, 0.05) is 12.5 Å². The molecule has 0 radical (unpaired) electrons. The predicted octanol–water partition coefficient (Wildman–Crippen LogP) is 2.92. The minimum atomic E-state index is -0.768. The van der Waals surface area contributed by atoms with Gasteiger partial charge in [-0.3, -0.25) is 4.79 Å². The van der Waals surface area contributed by atoms with Crippen molar-refractivity contribution in [2.24, 2.45) is 0 Å². The van der Waals surface area contributed by atoms with Crippen LogP contribution in [0.4, 0.5) is 5.69 Å². The highest BCUT2D eigenvalue weighted by molar-refractivity contribution is 5.66. The zero-order chi connectivity index (χ0) is 13.5. The van der Waals surface area contributed by atoms with Crippen LogP contribution in [0.25, 0.3) is 0 Å². The van der Waals surface area contributed by atoms with E-state index in [9.17, 15) is 4.79 Å². The zero-order valence-electron chi connectivity index (χ0n) is 10.7. The second kappa shape index (κ2) is 6.65. The summed E-state index contributed by atoms with van der Waals surface area (Å²) in [5.74, 6) is -0.768. The average molecular weight is 246 g/mol. The first-order valence-electron chi connectivity index (χ1n) is 6.02. The topological polar surface area (TPSA) is 73.1 Å². The molecule has 1 atom stereocenters. The lowest BCUT2D eigenvalue weighted by Crippen LogP contribution is -2.16. The lowest BCUT2D eigenvalue weighted by Gasteiger charge is -2.16.